The quantitative estimate of drug-likeness (QED) is 0.163. The molecule has 0 atom stereocenters. The first-order valence-corrected chi connectivity index (χ1v) is 14.3. The molecule has 0 saturated carbocycles. The van der Waals surface area contributed by atoms with E-state index in [1.165, 1.54) is 48.5 Å². The minimum Gasteiger partial charge on any atom is -0.194 e. The molecule has 0 nitrogen and oxygen atoms in total. The molecule has 42 heavy (non-hydrogen) atoms. The van der Waals surface area contributed by atoms with Gasteiger partial charge in [-0.15, -0.1) is 22.7 Å². The molecule has 0 amide bonds. The molecule has 10 heteroatoms. The fraction of sp³-hybridized carbons (Fsp3) is 0.125. The van der Waals surface area contributed by atoms with E-state index in [1.807, 2.05) is 0 Å². The number of fused-ring (bicyclic) bond motifs is 8. The molecule has 0 spiro atoms. The Bertz CT molecular complexity index is 1830. The second-order valence-corrected chi connectivity index (χ2v) is 12.2. The van der Waals surface area contributed by atoms with Crippen LogP contribution in [0.2, 0.25) is 0 Å². The maximum Gasteiger partial charge on any atom is 0.348 e. The zero-order valence-electron chi connectivity index (χ0n) is 21.1. The highest BCUT2D eigenvalue weighted by Crippen LogP contribution is 2.60. The summed E-state index contributed by atoms with van der Waals surface area (Å²) in [5, 5.41) is 0.674. The molecule has 0 N–H and O–H groups in total. The van der Waals surface area contributed by atoms with Gasteiger partial charge in [0, 0.05) is 31.7 Å². The Hall–Kier alpha value is -3.76. The second-order valence-electron chi connectivity index (χ2n) is 10.1. The molecule has 212 valence electrons. The topological polar surface area (TPSA) is 0 Å². The predicted octanol–water partition coefficient (Wildman–Crippen LogP) is 11.5. The van der Waals surface area contributed by atoms with Crippen molar-refractivity contribution in [3.05, 3.63) is 118 Å². The van der Waals surface area contributed by atoms with Crippen LogP contribution in [0.5, 0.6) is 0 Å². The van der Waals surface area contributed by atoms with Crippen LogP contribution in [0.25, 0.3) is 42.4 Å². The highest BCUT2D eigenvalue weighted by Gasteiger charge is 2.60. The summed E-state index contributed by atoms with van der Waals surface area (Å²) in [5.41, 5.74) is 0.571. The van der Waals surface area contributed by atoms with Crippen molar-refractivity contribution in [3.63, 3.8) is 0 Å². The van der Waals surface area contributed by atoms with Crippen LogP contribution in [0, 0.1) is 0 Å². The zero-order chi connectivity index (χ0) is 29.7. The molecular formula is C32H16F8S2. The van der Waals surface area contributed by atoms with E-state index in [1.54, 1.807) is 12.1 Å². The third-order valence-electron chi connectivity index (χ3n) is 7.59. The molecule has 0 aliphatic heterocycles. The lowest BCUT2D eigenvalue weighted by atomic mass is 9.79. The Morgan fingerprint density at radius 2 is 0.762 bits per heavy atom. The summed E-state index contributed by atoms with van der Waals surface area (Å²) in [6.45, 7) is 0. The number of alkyl halides is 8. The number of rotatable bonds is 6. The molecular weight excluding hydrogens is 600 g/mol. The predicted molar refractivity (Wildman–Crippen MR) is 150 cm³/mol. The average Bonchev–Trinajstić information content (AvgIpc) is 3.60. The number of halogens is 8. The lowest BCUT2D eigenvalue weighted by molar-refractivity contribution is -0.221. The van der Waals surface area contributed by atoms with Gasteiger partial charge in [-0.05, 0) is 34.0 Å². The van der Waals surface area contributed by atoms with E-state index in [-0.39, 0.29) is 0 Å². The molecule has 4 aromatic carbocycles. The van der Waals surface area contributed by atoms with Gasteiger partial charge < -0.3 is 0 Å². The first-order valence-electron chi connectivity index (χ1n) is 12.6. The van der Waals surface area contributed by atoms with Crippen molar-refractivity contribution in [2.24, 2.45) is 0 Å². The minimum atomic E-state index is -4.50. The third-order valence-corrected chi connectivity index (χ3v) is 10.1. The highest BCUT2D eigenvalue weighted by molar-refractivity contribution is 7.20. The maximum absolute atomic E-state index is 15.3. The van der Waals surface area contributed by atoms with E-state index >= 15 is 17.6 Å². The Morgan fingerprint density at radius 1 is 0.405 bits per heavy atom. The molecule has 0 radical (unpaired) electrons. The Labute approximate surface area is 241 Å². The summed E-state index contributed by atoms with van der Waals surface area (Å²) in [6, 6.07) is 20.1. The molecule has 0 saturated heterocycles. The molecule has 0 unspecified atom stereocenters. The first-order chi connectivity index (χ1) is 19.9. The Balaban J connectivity index is 1.30. The molecule has 7 rings (SSSR count). The van der Waals surface area contributed by atoms with Crippen molar-refractivity contribution < 1.29 is 35.1 Å². The van der Waals surface area contributed by atoms with Crippen LogP contribution in [0.15, 0.2) is 97.1 Å². The van der Waals surface area contributed by atoms with Crippen molar-refractivity contribution in [1.29, 1.82) is 0 Å². The molecule has 0 fully saturated rings. The van der Waals surface area contributed by atoms with Crippen molar-refractivity contribution in [2.75, 3.05) is 0 Å². The van der Waals surface area contributed by atoms with Crippen LogP contribution in [-0.4, -0.2) is 0 Å². The normalized spacial score (nSPS) is 13.7. The van der Waals surface area contributed by atoms with Gasteiger partial charge in [0.05, 0.1) is 9.75 Å². The van der Waals surface area contributed by atoms with Crippen LogP contribution >= 0.6 is 22.7 Å². The van der Waals surface area contributed by atoms with Gasteiger partial charge in [0.25, 0.3) is 0 Å². The van der Waals surface area contributed by atoms with Gasteiger partial charge in [-0.3, -0.25) is 0 Å². The largest absolute Gasteiger partial charge is 0.348 e. The zero-order valence-corrected chi connectivity index (χ0v) is 22.7. The van der Waals surface area contributed by atoms with Crippen molar-refractivity contribution >= 4 is 42.8 Å². The van der Waals surface area contributed by atoms with Gasteiger partial charge in [0.1, 0.15) is 0 Å². The molecule has 1 aliphatic rings. The SMILES string of the molecule is FC(F)(c1ccccc1)C(F)(F)c1cc2ccc3c(c2s1)-c1ccc2cc(C(F)(F)C(F)(F)c4ccccc4)sc2c1-3. The molecule has 1 aliphatic carbocycles. The number of benzene rings is 4. The van der Waals surface area contributed by atoms with E-state index in [4.69, 9.17) is 0 Å². The van der Waals surface area contributed by atoms with Crippen LogP contribution in [0.4, 0.5) is 35.1 Å². The van der Waals surface area contributed by atoms with Gasteiger partial charge in [0.2, 0.25) is 0 Å². The first kappa shape index (κ1) is 27.1. The second kappa shape index (κ2) is 8.87. The van der Waals surface area contributed by atoms with E-state index in [0.717, 1.165) is 36.4 Å². The smallest absolute Gasteiger partial charge is 0.194 e. The van der Waals surface area contributed by atoms with E-state index in [2.05, 4.69) is 0 Å². The van der Waals surface area contributed by atoms with E-state index in [0.29, 0.717) is 65.1 Å². The third kappa shape index (κ3) is 3.57. The van der Waals surface area contributed by atoms with Crippen molar-refractivity contribution in [2.45, 2.75) is 23.7 Å². The number of hydrogen-bond acceptors (Lipinski definition) is 2. The monoisotopic (exact) mass is 616 g/mol. The van der Waals surface area contributed by atoms with Gasteiger partial charge in [0.15, 0.2) is 0 Å². The maximum atomic E-state index is 15.3. The van der Waals surface area contributed by atoms with Gasteiger partial charge in [-0.2, -0.15) is 35.1 Å². The lowest BCUT2D eigenvalue weighted by Crippen LogP contribution is -2.34. The summed E-state index contributed by atoms with van der Waals surface area (Å²) in [4.78, 5) is -1.62. The fourth-order valence-corrected chi connectivity index (χ4v) is 7.83. The van der Waals surface area contributed by atoms with Crippen molar-refractivity contribution in [1.82, 2.24) is 0 Å². The molecule has 2 aromatic heterocycles. The summed E-state index contributed by atoms with van der Waals surface area (Å²) >= 11 is 1.10. The molecule has 6 aromatic rings. The van der Waals surface area contributed by atoms with E-state index in [9.17, 15) is 17.6 Å². The Morgan fingerprint density at radius 3 is 1.12 bits per heavy atom. The average molecular weight is 617 g/mol. The van der Waals surface area contributed by atoms with Crippen LogP contribution in [0.1, 0.15) is 20.9 Å². The van der Waals surface area contributed by atoms with Gasteiger partial charge in [-0.1, -0.05) is 84.9 Å². The van der Waals surface area contributed by atoms with Crippen molar-refractivity contribution in [3.8, 4) is 22.3 Å². The highest BCUT2D eigenvalue weighted by atomic mass is 32.1. The van der Waals surface area contributed by atoms with Crippen LogP contribution in [-0.2, 0) is 23.7 Å². The number of thiophene rings is 2. The summed E-state index contributed by atoms with van der Waals surface area (Å²) in [7, 11) is 0. The lowest BCUT2D eigenvalue weighted by Gasteiger charge is -2.26. The van der Waals surface area contributed by atoms with Gasteiger partial charge in [-0.25, -0.2) is 0 Å². The van der Waals surface area contributed by atoms with E-state index < -0.39 is 44.6 Å². The minimum absolute atomic E-state index is 0.337. The molecule has 2 heterocycles. The fourth-order valence-electron chi connectivity index (χ4n) is 5.37. The summed E-state index contributed by atoms with van der Waals surface area (Å²) < 4.78 is 122. The van der Waals surface area contributed by atoms with Gasteiger partial charge >= 0.3 is 23.7 Å². The molecule has 0 bridgehead atoms. The summed E-state index contributed by atoms with van der Waals surface area (Å²) in [6.07, 6.45) is 0. The number of hydrogen-bond donors (Lipinski definition) is 0. The summed E-state index contributed by atoms with van der Waals surface area (Å²) in [5.74, 6) is -17.9. The standard InChI is InChI=1S/C32H16F8S2/c33-29(34,19-7-3-1-4-8-19)31(37,38)23-15-17-11-13-21-25(27(17)41-23)22-14-12-18-16-24(42-28(18)26(21)22)32(39,40)30(35,36)20-9-5-2-6-10-20/h1-16H. The van der Waals surface area contributed by atoms with Crippen LogP contribution in [0.3, 0.4) is 0 Å². The van der Waals surface area contributed by atoms with Crippen LogP contribution < -0.4 is 0 Å². The Kier molecular flexibility index (Phi) is 5.72.